The number of hydrogen-bond donors (Lipinski definition) is 2. The predicted octanol–water partition coefficient (Wildman–Crippen LogP) is 2.68. The molecular formula is C12H12Br2N4O2S. The first kappa shape index (κ1) is 17.7. The normalized spacial score (nSPS) is 10.2. The molecule has 0 saturated heterocycles. The minimum Gasteiger partial charge on any atom is -0.490 e. The minimum absolute atomic E-state index is 0.0699. The predicted molar refractivity (Wildman–Crippen MR) is 91.6 cm³/mol. The average molecular weight is 436 g/mol. The highest BCUT2D eigenvalue weighted by atomic mass is 79.9. The molecule has 0 aliphatic rings. The van der Waals surface area contributed by atoms with E-state index in [2.05, 4.69) is 54.6 Å². The molecule has 1 aromatic rings. The topological polar surface area (TPSA) is 92.7 Å². The lowest BCUT2D eigenvalue weighted by Gasteiger charge is -2.14. The highest BCUT2D eigenvalue weighted by molar-refractivity contribution is 9.13. The van der Waals surface area contributed by atoms with E-state index in [0.717, 1.165) is 5.56 Å². The Morgan fingerprint density at radius 3 is 2.81 bits per heavy atom. The lowest BCUT2D eigenvalue weighted by molar-refractivity contribution is 0.297. The number of hydrazone groups is 1. The Morgan fingerprint density at radius 2 is 2.24 bits per heavy atom. The van der Waals surface area contributed by atoms with Crippen LogP contribution in [0.3, 0.4) is 0 Å². The van der Waals surface area contributed by atoms with Gasteiger partial charge in [0.15, 0.2) is 23.2 Å². The van der Waals surface area contributed by atoms with E-state index in [9.17, 15) is 0 Å². The summed E-state index contributed by atoms with van der Waals surface area (Å²) in [5.74, 6) is 0.948. The van der Waals surface area contributed by atoms with Gasteiger partial charge in [0.05, 0.1) is 17.3 Å². The van der Waals surface area contributed by atoms with E-state index in [1.165, 1.54) is 6.21 Å². The number of halogens is 2. The third-order valence-electron chi connectivity index (χ3n) is 2.12. The monoisotopic (exact) mass is 434 g/mol. The van der Waals surface area contributed by atoms with Crippen molar-refractivity contribution < 1.29 is 9.47 Å². The van der Waals surface area contributed by atoms with Gasteiger partial charge in [0.2, 0.25) is 0 Å². The molecule has 0 aliphatic heterocycles. The standard InChI is InChI=1S/C12H12Br2N4O2S/c1-2-19-8-5-7(6-17-18-12(16)21)9(13)10(14)11(8)20-4-3-15/h5-6H,2,4H2,1H3,(H3,16,18,21). The second-order valence-corrected chi connectivity index (χ2v) is 5.56. The minimum atomic E-state index is -0.0818. The second-order valence-electron chi connectivity index (χ2n) is 3.54. The molecule has 0 bridgehead atoms. The molecule has 112 valence electrons. The fraction of sp³-hybridized carbons (Fsp3) is 0.250. The van der Waals surface area contributed by atoms with Crippen molar-refractivity contribution in [2.75, 3.05) is 13.2 Å². The van der Waals surface area contributed by atoms with E-state index in [1.807, 2.05) is 13.0 Å². The van der Waals surface area contributed by atoms with Crippen molar-refractivity contribution in [3.8, 4) is 17.6 Å². The average Bonchev–Trinajstić information content (AvgIpc) is 2.43. The molecule has 0 spiro atoms. The Hall–Kier alpha value is -1.37. The molecule has 6 nitrogen and oxygen atoms in total. The number of hydrogen-bond acceptors (Lipinski definition) is 5. The zero-order valence-corrected chi connectivity index (χ0v) is 15.0. The first-order chi connectivity index (χ1) is 10.0. The van der Waals surface area contributed by atoms with Gasteiger partial charge in [-0.2, -0.15) is 10.4 Å². The zero-order chi connectivity index (χ0) is 15.8. The molecule has 9 heteroatoms. The summed E-state index contributed by atoms with van der Waals surface area (Å²) in [4.78, 5) is 0. The molecule has 0 amide bonds. The summed E-state index contributed by atoms with van der Waals surface area (Å²) in [6, 6.07) is 3.65. The van der Waals surface area contributed by atoms with Crippen LogP contribution in [0.2, 0.25) is 0 Å². The number of nitrogens with zero attached hydrogens (tertiary/aromatic N) is 2. The molecule has 0 unspecified atom stereocenters. The summed E-state index contributed by atoms with van der Waals surface area (Å²) in [5.41, 5.74) is 8.48. The molecule has 1 rings (SSSR count). The first-order valence-electron chi connectivity index (χ1n) is 5.74. The summed E-state index contributed by atoms with van der Waals surface area (Å²) in [6.45, 7) is 2.23. The number of benzene rings is 1. The Labute approximate surface area is 144 Å². The van der Waals surface area contributed by atoms with Crippen LogP contribution in [0.1, 0.15) is 12.5 Å². The molecule has 0 aliphatic carbocycles. The Bertz CT molecular complexity index is 602. The van der Waals surface area contributed by atoms with Crippen molar-refractivity contribution >= 4 is 55.4 Å². The number of thiocarbonyl (C=S) groups is 1. The van der Waals surface area contributed by atoms with Crippen molar-refractivity contribution in [1.29, 1.82) is 5.26 Å². The number of ether oxygens (including phenoxy) is 2. The molecule has 21 heavy (non-hydrogen) atoms. The van der Waals surface area contributed by atoms with Gasteiger partial charge in [0.25, 0.3) is 0 Å². The molecule has 0 heterocycles. The van der Waals surface area contributed by atoms with Gasteiger partial charge in [-0.1, -0.05) is 0 Å². The fourth-order valence-corrected chi connectivity index (χ4v) is 2.35. The maximum atomic E-state index is 8.63. The van der Waals surface area contributed by atoms with Gasteiger partial charge in [-0.05, 0) is 57.1 Å². The Kier molecular flexibility index (Phi) is 7.42. The molecule has 3 N–H and O–H groups in total. The van der Waals surface area contributed by atoms with Gasteiger partial charge in [-0.3, -0.25) is 5.43 Å². The lowest BCUT2D eigenvalue weighted by Crippen LogP contribution is -2.24. The third kappa shape index (κ3) is 5.15. The number of nitrogens with one attached hydrogen (secondary N) is 1. The van der Waals surface area contributed by atoms with Gasteiger partial charge >= 0.3 is 0 Å². The van der Waals surface area contributed by atoms with Crippen LogP contribution in [-0.2, 0) is 0 Å². The molecule has 0 fully saturated rings. The Balaban J connectivity index is 3.20. The van der Waals surface area contributed by atoms with Gasteiger partial charge < -0.3 is 15.2 Å². The van der Waals surface area contributed by atoms with Crippen LogP contribution in [0.5, 0.6) is 11.5 Å². The molecule has 0 aromatic heterocycles. The number of rotatable bonds is 6. The first-order valence-corrected chi connectivity index (χ1v) is 7.73. The van der Waals surface area contributed by atoms with Crippen LogP contribution in [0.25, 0.3) is 0 Å². The largest absolute Gasteiger partial charge is 0.490 e. The van der Waals surface area contributed by atoms with Gasteiger partial charge in [0.1, 0.15) is 6.07 Å². The maximum absolute atomic E-state index is 8.63. The van der Waals surface area contributed by atoms with Gasteiger partial charge in [-0.15, -0.1) is 0 Å². The number of nitrogens with two attached hydrogens (primary N) is 1. The van der Waals surface area contributed by atoms with Crippen LogP contribution in [-0.4, -0.2) is 24.5 Å². The lowest BCUT2D eigenvalue weighted by atomic mass is 10.2. The van der Waals surface area contributed by atoms with E-state index in [0.29, 0.717) is 27.1 Å². The van der Waals surface area contributed by atoms with E-state index >= 15 is 0 Å². The van der Waals surface area contributed by atoms with Crippen LogP contribution >= 0.6 is 44.1 Å². The van der Waals surface area contributed by atoms with Crippen molar-refractivity contribution in [1.82, 2.24) is 5.43 Å². The Morgan fingerprint density at radius 1 is 1.52 bits per heavy atom. The van der Waals surface area contributed by atoms with Crippen molar-refractivity contribution in [3.63, 3.8) is 0 Å². The summed E-state index contributed by atoms with van der Waals surface area (Å²) in [7, 11) is 0. The molecule has 0 atom stereocenters. The summed E-state index contributed by atoms with van der Waals surface area (Å²) in [5, 5.41) is 12.6. The second kappa shape index (κ2) is 8.81. The van der Waals surface area contributed by atoms with Crippen LogP contribution < -0.4 is 20.6 Å². The van der Waals surface area contributed by atoms with Crippen LogP contribution in [0.15, 0.2) is 20.1 Å². The third-order valence-corrected chi connectivity index (χ3v) is 4.35. The van der Waals surface area contributed by atoms with E-state index < -0.39 is 0 Å². The summed E-state index contributed by atoms with van der Waals surface area (Å²) < 4.78 is 12.2. The van der Waals surface area contributed by atoms with E-state index in [1.54, 1.807) is 6.07 Å². The van der Waals surface area contributed by atoms with Crippen molar-refractivity contribution in [3.05, 3.63) is 20.6 Å². The fourth-order valence-electron chi connectivity index (χ4n) is 1.37. The summed E-state index contributed by atoms with van der Waals surface area (Å²) in [6.07, 6.45) is 1.53. The zero-order valence-electron chi connectivity index (χ0n) is 11.0. The van der Waals surface area contributed by atoms with Gasteiger partial charge in [-0.25, -0.2) is 0 Å². The van der Waals surface area contributed by atoms with Crippen molar-refractivity contribution in [2.45, 2.75) is 6.92 Å². The summed E-state index contributed by atoms with van der Waals surface area (Å²) >= 11 is 11.5. The molecule has 1 aromatic carbocycles. The number of nitriles is 1. The quantitative estimate of drug-likeness (QED) is 0.405. The smallest absolute Gasteiger partial charge is 0.184 e. The maximum Gasteiger partial charge on any atom is 0.184 e. The van der Waals surface area contributed by atoms with Crippen molar-refractivity contribution in [2.24, 2.45) is 10.8 Å². The SMILES string of the molecule is CCOc1cc(C=NNC(N)=S)c(Br)c(Br)c1OCC#N. The molecule has 0 radical (unpaired) electrons. The highest BCUT2D eigenvalue weighted by Crippen LogP contribution is 2.42. The molecule has 0 saturated carbocycles. The van der Waals surface area contributed by atoms with E-state index in [-0.39, 0.29) is 11.7 Å². The molecular weight excluding hydrogens is 424 g/mol. The van der Waals surface area contributed by atoms with Crippen LogP contribution in [0, 0.1) is 11.3 Å². The van der Waals surface area contributed by atoms with Crippen LogP contribution in [0.4, 0.5) is 0 Å². The van der Waals surface area contributed by atoms with E-state index in [4.69, 9.17) is 20.5 Å². The van der Waals surface area contributed by atoms with Gasteiger partial charge in [0, 0.05) is 10.0 Å². The highest BCUT2D eigenvalue weighted by Gasteiger charge is 2.16.